The van der Waals surface area contributed by atoms with Gasteiger partial charge in [-0.3, -0.25) is 9.59 Å². The maximum absolute atomic E-state index is 15.9. The first-order valence-electron chi connectivity index (χ1n) is 18.0. The molecule has 12 nitrogen and oxygen atoms in total. The Morgan fingerprint density at radius 2 is 1.79 bits per heavy atom. The van der Waals surface area contributed by atoms with Gasteiger partial charge < -0.3 is 23.7 Å². The molecule has 1 aliphatic heterocycles. The summed E-state index contributed by atoms with van der Waals surface area (Å²) in [6.45, 7) is 4.98. The van der Waals surface area contributed by atoms with Crippen molar-refractivity contribution in [3.8, 4) is 6.07 Å². The standard InChI is InChI=1S/C42H39F3N4O8S/c1-3-18-53-38(50)16-17-39(51)54-22-31-9-4-6-10-34(31)41(52)57-42(25-49-27-47-26-48-49,35-15-14-32(43)20-37(35)45)28(2)58-33-23-55-40(56-24-33)11-7-5-8-30-13-12-29(21-46)19-36(30)44/h3-15,19-20,26-28,33,40H,1,16-18,22-25H2,2H3/t28-,33?,40?,42-/m1/s1. The quantitative estimate of drug-likeness (QED) is 0.0440. The number of esters is 3. The monoisotopic (exact) mass is 816 g/mol. The molecular weight excluding hydrogens is 778 g/mol. The van der Waals surface area contributed by atoms with Gasteiger partial charge in [0.05, 0.1) is 55.0 Å². The molecule has 2 heterocycles. The number of hydrogen-bond donors (Lipinski definition) is 0. The number of rotatable bonds is 18. The lowest BCUT2D eigenvalue weighted by Crippen LogP contribution is -2.47. The summed E-state index contributed by atoms with van der Waals surface area (Å²) >= 11 is 1.29. The van der Waals surface area contributed by atoms with Gasteiger partial charge in [0, 0.05) is 28.0 Å². The lowest BCUT2D eigenvalue weighted by Gasteiger charge is -2.40. The van der Waals surface area contributed by atoms with Crippen LogP contribution in [0.2, 0.25) is 0 Å². The van der Waals surface area contributed by atoms with Gasteiger partial charge in [-0.15, -0.1) is 11.8 Å². The molecule has 4 aromatic rings. The van der Waals surface area contributed by atoms with Crippen LogP contribution in [0.5, 0.6) is 0 Å². The van der Waals surface area contributed by atoms with E-state index in [9.17, 15) is 23.2 Å². The second kappa shape index (κ2) is 20.9. The number of benzene rings is 3. The molecule has 3 aromatic carbocycles. The molecule has 0 amide bonds. The van der Waals surface area contributed by atoms with Gasteiger partial charge in [0.2, 0.25) is 0 Å². The van der Waals surface area contributed by atoms with E-state index >= 15 is 4.39 Å². The molecule has 2 atom stereocenters. The molecule has 0 saturated carbocycles. The third-order valence-electron chi connectivity index (χ3n) is 8.78. The van der Waals surface area contributed by atoms with Crippen LogP contribution in [-0.4, -0.2) is 69.3 Å². The summed E-state index contributed by atoms with van der Waals surface area (Å²) in [5.74, 6) is -4.54. The predicted molar refractivity (Wildman–Crippen MR) is 206 cm³/mol. The van der Waals surface area contributed by atoms with E-state index in [1.54, 1.807) is 49.4 Å². The molecule has 5 rings (SSSR count). The van der Waals surface area contributed by atoms with Crippen molar-refractivity contribution < 1.29 is 51.2 Å². The van der Waals surface area contributed by atoms with Gasteiger partial charge >= 0.3 is 17.9 Å². The fourth-order valence-electron chi connectivity index (χ4n) is 5.85. The van der Waals surface area contributed by atoms with Crippen LogP contribution < -0.4 is 0 Å². The fourth-order valence-corrected chi connectivity index (χ4v) is 7.21. The molecule has 302 valence electrons. The molecule has 0 N–H and O–H groups in total. The van der Waals surface area contributed by atoms with Gasteiger partial charge in [-0.05, 0) is 43.3 Å². The first-order valence-corrected chi connectivity index (χ1v) is 18.9. The van der Waals surface area contributed by atoms with Crippen LogP contribution in [0.15, 0.2) is 104 Å². The molecule has 1 fully saturated rings. The first kappa shape index (κ1) is 43.1. The van der Waals surface area contributed by atoms with Gasteiger partial charge in [0.25, 0.3) is 0 Å². The molecule has 0 radical (unpaired) electrons. The van der Waals surface area contributed by atoms with E-state index in [2.05, 4.69) is 16.7 Å². The predicted octanol–water partition coefficient (Wildman–Crippen LogP) is 7.00. The zero-order valence-electron chi connectivity index (χ0n) is 31.3. The van der Waals surface area contributed by atoms with Crippen molar-refractivity contribution in [2.45, 2.75) is 55.3 Å². The lowest BCUT2D eigenvalue weighted by atomic mass is 9.89. The van der Waals surface area contributed by atoms with Crippen molar-refractivity contribution in [2.24, 2.45) is 0 Å². The van der Waals surface area contributed by atoms with E-state index in [0.717, 1.165) is 12.1 Å². The van der Waals surface area contributed by atoms with Gasteiger partial charge in [-0.2, -0.15) is 10.4 Å². The van der Waals surface area contributed by atoms with Gasteiger partial charge in [-0.25, -0.2) is 27.6 Å². The Balaban J connectivity index is 1.33. The number of nitriles is 1. The summed E-state index contributed by atoms with van der Waals surface area (Å²) in [5, 5.41) is 12.0. The SMILES string of the molecule is C=CCOC(=O)CCC(=O)OCc1ccccc1C(=O)O[C@@](Cn1cncn1)(c1ccc(F)cc1F)[C@@H](C)SC1COC(C=CC=Cc2ccc(C#N)cc2F)OC1. The van der Waals surface area contributed by atoms with E-state index in [4.69, 9.17) is 28.9 Å². The fraction of sp³-hybridized carbons (Fsp3) is 0.286. The number of aromatic nitrogens is 3. The van der Waals surface area contributed by atoms with Gasteiger partial charge in [0.1, 0.15) is 43.3 Å². The number of hydrogen-bond acceptors (Lipinski definition) is 12. The molecule has 1 aliphatic rings. The van der Waals surface area contributed by atoms with Crippen molar-refractivity contribution in [1.82, 2.24) is 14.8 Å². The number of nitrogens with zero attached hydrogens (tertiary/aromatic N) is 4. The van der Waals surface area contributed by atoms with E-state index in [1.165, 1.54) is 59.4 Å². The van der Waals surface area contributed by atoms with Crippen LogP contribution in [0.25, 0.3) is 6.08 Å². The summed E-state index contributed by atoms with van der Waals surface area (Å²) in [7, 11) is 0. The van der Waals surface area contributed by atoms with Gasteiger partial charge in [-0.1, -0.05) is 55.1 Å². The Kier molecular flexibility index (Phi) is 15.6. The summed E-state index contributed by atoms with van der Waals surface area (Å²) in [5.41, 5.74) is -1.17. The minimum atomic E-state index is -1.84. The highest BCUT2D eigenvalue weighted by Crippen LogP contribution is 2.42. The third kappa shape index (κ3) is 11.8. The number of carbonyl (C=O) groups is 3. The highest BCUT2D eigenvalue weighted by Gasteiger charge is 2.47. The van der Waals surface area contributed by atoms with Crippen LogP contribution in [-0.2, 0) is 52.0 Å². The summed E-state index contributed by atoms with van der Waals surface area (Å²) in [6.07, 6.45) is 9.26. The average molecular weight is 817 g/mol. The Morgan fingerprint density at radius 3 is 2.48 bits per heavy atom. The minimum absolute atomic E-state index is 0.00747. The van der Waals surface area contributed by atoms with Crippen molar-refractivity contribution >= 4 is 35.7 Å². The topological polar surface area (TPSA) is 152 Å². The zero-order chi connectivity index (χ0) is 41.5. The highest BCUT2D eigenvalue weighted by molar-refractivity contribution is 8.00. The molecule has 1 saturated heterocycles. The van der Waals surface area contributed by atoms with Crippen LogP contribution in [0, 0.1) is 28.8 Å². The largest absolute Gasteiger partial charge is 0.461 e. The molecule has 0 aliphatic carbocycles. The second-order valence-electron chi connectivity index (χ2n) is 12.8. The number of thioether (sulfide) groups is 1. The third-order valence-corrected chi connectivity index (χ3v) is 10.2. The molecule has 16 heteroatoms. The Labute approximate surface area is 336 Å². The normalized spacial score (nSPS) is 16.9. The van der Waals surface area contributed by atoms with Gasteiger partial charge in [0.15, 0.2) is 11.9 Å². The summed E-state index contributed by atoms with van der Waals surface area (Å²) in [6, 6.07) is 15.3. The molecule has 58 heavy (non-hydrogen) atoms. The molecule has 0 unspecified atom stereocenters. The maximum atomic E-state index is 15.9. The lowest BCUT2D eigenvalue weighted by molar-refractivity contribution is -0.150. The second-order valence-corrected chi connectivity index (χ2v) is 14.5. The smallest absolute Gasteiger partial charge is 0.339 e. The van der Waals surface area contributed by atoms with E-state index in [-0.39, 0.29) is 73.3 Å². The van der Waals surface area contributed by atoms with Crippen molar-refractivity contribution in [3.63, 3.8) is 0 Å². The van der Waals surface area contributed by atoms with Crippen LogP contribution in [0.4, 0.5) is 13.2 Å². The van der Waals surface area contributed by atoms with E-state index in [1.807, 2.05) is 6.07 Å². The molecule has 1 aromatic heterocycles. The number of ether oxygens (including phenoxy) is 5. The Hall–Kier alpha value is -6.02. The Morgan fingerprint density at radius 1 is 1.03 bits per heavy atom. The molecule has 0 bridgehead atoms. The van der Waals surface area contributed by atoms with E-state index < -0.39 is 52.5 Å². The summed E-state index contributed by atoms with van der Waals surface area (Å²) in [4.78, 5) is 42.5. The van der Waals surface area contributed by atoms with Crippen molar-refractivity contribution in [2.75, 3.05) is 19.8 Å². The Bertz CT molecular complexity index is 2170. The molecular formula is C42H39F3N4O8S. The zero-order valence-corrected chi connectivity index (χ0v) is 32.1. The average Bonchev–Trinajstić information content (AvgIpc) is 3.73. The molecule has 0 spiro atoms. The van der Waals surface area contributed by atoms with Crippen molar-refractivity contribution in [3.05, 3.63) is 149 Å². The first-order chi connectivity index (χ1) is 28.0. The number of halogens is 3. The van der Waals surface area contributed by atoms with E-state index in [0.29, 0.717) is 11.6 Å². The minimum Gasteiger partial charge on any atom is -0.461 e. The highest BCUT2D eigenvalue weighted by atomic mass is 32.2. The van der Waals surface area contributed by atoms with Crippen LogP contribution >= 0.6 is 11.8 Å². The van der Waals surface area contributed by atoms with Crippen LogP contribution in [0.1, 0.15) is 52.4 Å². The maximum Gasteiger partial charge on any atom is 0.339 e. The summed E-state index contributed by atoms with van der Waals surface area (Å²) < 4.78 is 74.3. The van der Waals surface area contributed by atoms with Crippen molar-refractivity contribution in [1.29, 1.82) is 5.26 Å². The number of carbonyl (C=O) groups excluding carboxylic acids is 3. The number of allylic oxidation sites excluding steroid dienone is 2. The van der Waals surface area contributed by atoms with Crippen LogP contribution in [0.3, 0.4) is 0 Å².